The molecule has 0 aromatic heterocycles. The molecule has 3 heteroatoms. The van der Waals surface area contributed by atoms with Gasteiger partial charge in [0.15, 0.2) is 0 Å². The average Bonchev–Trinajstić information content (AvgIpc) is 2.89. The van der Waals surface area contributed by atoms with Crippen LogP contribution in [0.3, 0.4) is 0 Å². The summed E-state index contributed by atoms with van der Waals surface area (Å²) < 4.78 is 27.7. The molecular formula is C32H43ClF2. The number of hydrogen-bond donors (Lipinski definition) is 0. The number of unbranched alkanes of at least 4 members (excludes halogenated alkanes) is 3. The van der Waals surface area contributed by atoms with Gasteiger partial charge in [0.25, 0.3) is 0 Å². The third-order valence-corrected chi connectivity index (χ3v) is 9.32. The number of halogens is 3. The molecule has 0 unspecified atom stereocenters. The van der Waals surface area contributed by atoms with Gasteiger partial charge in [-0.25, -0.2) is 8.78 Å². The Morgan fingerprint density at radius 2 is 1.17 bits per heavy atom. The molecule has 2 aliphatic rings. The lowest BCUT2D eigenvalue weighted by atomic mass is 9.74. The molecule has 192 valence electrons. The molecule has 0 N–H and O–H groups in total. The summed E-state index contributed by atoms with van der Waals surface area (Å²) in [7, 11) is 0. The van der Waals surface area contributed by atoms with Crippen molar-refractivity contribution in [2.75, 3.05) is 0 Å². The molecule has 0 atom stereocenters. The van der Waals surface area contributed by atoms with Crippen molar-refractivity contribution >= 4 is 11.6 Å². The summed E-state index contributed by atoms with van der Waals surface area (Å²) in [5, 5.41) is -0.437. The molecule has 2 aliphatic carbocycles. The number of hydrogen-bond acceptors (Lipinski definition) is 0. The summed E-state index contributed by atoms with van der Waals surface area (Å²) in [5.74, 6) is 2.09. The van der Waals surface area contributed by atoms with Gasteiger partial charge in [0.05, 0.1) is 0 Å². The van der Waals surface area contributed by atoms with Crippen LogP contribution in [0.15, 0.2) is 36.4 Å². The molecule has 2 aromatic rings. The lowest BCUT2D eigenvalue weighted by molar-refractivity contribution is 0.222. The molecule has 0 aliphatic heterocycles. The Balaban J connectivity index is 1.17. The first kappa shape index (κ1) is 26.6. The van der Waals surface area contributed by atoms with Crippen LogP contribution in [-0.2, 0) is 0 Å². The molecule has 2 fully saturated rings. The van der Waals surface area contributed by atoms with E-state index in [4.69, 9.17) is 11.6 Å². The minimum absolute atomic E-state index is 0.437. The van der Waals surface area contributed by atoms with E-state index in [0.29, 0.717) is 11.5 Å². The quantitative estimate of drug-likeness (QED) is 0.225. The zero-order valence-electron chi connectivity index (χ0n) is 21.5. The van der Waals surface area contributed by atoms with Crippen LogP contribution in [0.4, 0.5) is 8.78 Å². The molecule has 0 nitrogen and oxygen atoms in total. The Morgan fingerprint density at radius 3 is 1.71 bits per heavy atom. The third-order valence-electron chi connectivity index (χ3n) is 8.96. The van der Waals surface area contributed by atoms with Crippen molar-refractivity contribution in [1.82, 2.24) is 0 Å². The summed E-state index contributed by atoms with van der Waals surface area (Å²) in [6.45, 7) is 2.30. The summed E-state index contributed by atoms with van der Waals surface area (Å²) in [6, 6.07) is 10.9. The molecule has 0 saturated heterocycles. The van der Waals surface area contributed by atoms with Crippen LogP contribution in [0.25, 0.3) is 11.1 Å². The zero-order valence-corrected chi connectivity index (χ0v) is 22.3. The van der Waals surface area contributed by atoms with E-state index in [1.54, 1.807) is 0 Å². The van der Waals surface area contributed by atoms with Gasteiger partial charge in [0.1, 0.15) is 16.7 Å². The van der Waals surface area contributed by atoms with Crippen LogP contribution < -0.4 is 0 Å². The predicted octanol–water partition coefficient (Wildman–Crippen LogP) is 11.1. The highest BCUT2D eigenvalue weighted by Gasteiger charge is 2.25. The highest BCUT2D eigenvalue weighted by Crippen LogP contribution is 2.41. The molecule has 2 aromatic carbocycles. The zero-order chi connectivity index (χ0) is 24.6. The van der Waals surface area contributed by atoms with Crippen molar-refractivity contribution in [3.8, 4) is 11.1 Å². The second-order valence-corrected chi connectivity index (χ2v) is 11.8. The van der Waals surface area contributed by atoms with E-state index in [9.17, 15) is 8.78 Å². The molecule has 0 heterocycles. The van der Waals surface area contributed by atoms with Gasteiger partial charge < -0.3 is 0 Å². The van der Waals surface area contributed by atoms with Gasteiger partial charge >= 0.3 is 0 Å². The molecule has 0 amide bonds. The van der Waals surface area contributed by atoms with E-state index in [0.717, 1.165) is 23.3 Å². The van der Waals surface area contributed by atoms with Gasteiger partial charge in [-0.1, -0.05) is 113 Å². The van der Waals surface area contributed by atoms with Crippen molar-refractivity contribution < 1.29 is 8.78 Å². The first-order valence-corrected chi connectivity index (χ1v) is 14.7. The van der Waals surface area contributed by atoms with Gasteiger partial charge in [-0.2, -0.15) is 0 Å². The second kappa shape index (κ2) is 13.2. The monoisotopic (exact) mass is 500 g/mol. The van der Waals surface area contributed by atoms with E-state index >= 15 is 0 Å². The molecule has 0 radical (unpaired) electrons. The van der Waals surface area contributed by atoms with Crippen LogP contribution in [-0.4, -0.2) is 0 Å². The smallest absolute Gasteiger partial charge is 0.145 e. The van der Waals surface area contributed by atoms with Gasteiger partial charge in [-0.05, 0) is 78.2 Å². The normalized spacial score (nSPS) is 25.0. The van der Waals surface area contributed by atoms with Gasteiger partial charge in [-0.3, -0.25) is 0 Å². The molecule has 35 heavy (non-hydrogen) atoms. The molecule has 0 bridgehead atoms. The topological polar surface area (TPSA) is 0 Å². The average molecular weight is 501 g/mol. The van der Waals surface area contributed by atoms with Crippen LogP contribution in [0, 0.1) is 29.4 Å². The fourth-order valence-corrected chi connectivity index (χ4v) is 6.70. The summed E-state index contributed by atoms with van der Waals surface area (Å²) in [4.78, 5) is 0. The van der Waals surface area contributed by atoms with Crippen molar-refractivity contribution in [2.45, 2.75) is 109 Å². The Hall–Kier alpha value is -1.41. The predicted molar refractivity (Wildman–Crippen MR) is 145 cm³/mol. The van der Waals surface area contributed by atoms with E-state index < -0.39 is 16.7 Å². The van der Waals surface area contributed by atoms with Gasteiger partial charge in [-0.15, -0.1) is 0 Å². The van der Waals surface area contributed by atoms with Crippen LogP contribution in [0.1, 0.15) is 115 Å². The van der Waals surface area contributed by atoms with Crippen LogP contribution in [0.5, 0.6) is 0 Å². The molecule has 0 spiro atoms. The summed E-state index contributed by atoms with van der Waals surface area (Å²) in [6.07, 6.45) is 21.1. The summed E-state index contributed by atoms with van der Waals surface area (Å²) >= 11 is 5.62. The first-order valence-electron chi connectivity index (χ1n) is 14.3. The molecule has 2 saturated carbocycles. The Kier molecular flexibility index (Phi) is 10.1. The Bertz CT molecular complexity index is 883. The van der Waals surface area contributed by atoms with E-state index in [-0.39, 0.29) is 0 Å². The lowest BCUT2D eigenvalue weighted by Gasteiger charge is -2.32. The van der Waals surface area contributed by atoms with Crippen molar-refractivity contribution in [2.24, 2.45) is 17.8 Å². The van der Waals surface area contributed by atoms with Crippen molar-refractivity contribution in [3.05, 3.63) is 58.6 Å². The SMILES string of the molecule is CCCCCC[C@H]1CC[C@H](CCC2CCC(c3ccc(-c4cc(F)c(Cl)c(F)c4)cc3)CC2)CC1. The number of benzene rings is 2. The van der Waals surface area contributed by atoms with Crippen LogP contribution >= 0.6 is 11.6 Å². The van der Waals surface area contributed by atoms with Gasteiger partial charge in [0, 0.05) is 0 Å². The minimum atomic E-state index is -0.709. The van der Waals surface area contributed by atoms with Crippen molar-refractivity contribution in [3.63, 3.8) is 0 Å². The molecule has 4 rings (SSSR count). The maximum absolute atomic E-state index is 13.8. The second-order valence-electron chi connectivity index (χ2n) is 11.4. The van der Waals surface area contributed by atoms with E-state index in [2.05, 4.69) is 19.1 Å². The highest BCUT2D eigenvalue weighted by atomic mass is 35.5. The van der Waals surface area contributed by atoms with Gasteiger partial charge in [0.2, 0.25) is 0 Å². The summed E-state index contributed by atoms with van der Waals surface area (Å²) in [5.41, 5.74) is 2.72. The third kappa shape index (κ3) is 7.54. The number of rotatable bonds is 10. The molecular weight excluding hydrogens is 458 g/mol. The fraction of sp³-hybridized carbons (Fsp3) is 0.625. The van der Waals surface area contributed by atoms with E-state index in [1.807, 2.05) is 12.1 Å². The van der Waals surface area contributed by atoms with Crippen molar-refractivity contribution in [1.29, 1.82) is 0 Å². The van der Waals surface area contributed by atoms with Crippen LogP contribution in [0.2, 0.25) is 5.02 Å². The Morgan fingerprint density at radius 1 is 0.657 bits per heavy atom. The lowest BCUT2D eigenvalue weighted by Crippen LogP contribution is -2.17. The maximum atomic E-state index is 13.8. The Labute approximate surface area is 216 Å². The largest absolute Gasteiger partial charge is 0.205 e. The highest BCUT2D eigenvalue weighted by molar-refractivity contribution is 6.31. The van der Waals surface area contributed by atoms with E-state index in [1.165, 1.54) is 114 Å². The standard InChI is InChI=1S/C32H43ClF2/c1-2-3-4-5-6-23-7-9-24(10-8-23)11-12-25-13-15-26(16-14-25)27-17-19-28(20-18-27)29-21-30(34)32(33)31(35)22-29/h17-26H,2-16H2,1H3/t23-,24-,25?,26?. The minimum Gasteiger partial charge on any atom is -0.205 e. The first-order chi connectivity index (χ1) is 17.0. The fourth-order valence-electron chi connectivity index (χ4n) is 6.59. The maximum Gasteiger partial charge on any atom is 0.145 e.